The average molecular weight is 538 g/mol. The number of aromatic nitrogens is 1. The molecule has 1 amide bonds. The Morgan fingerprint density at radius 1 is 1.13 bits per heavy atom. The number of thiophene rings is 1. The highest BCUT2D eigenvalue weighted by Crippen LogP contribution is 2.33. The standard InChI is InChI=1S/C29H27N7O2S/c30-19-33-29(35-12-14-38-15-13-35)36-11-8-20-5-6-22(17-26(20)36)34-28(37)27-25(9-16-39-27)32-18-21-7-10-31-24-4-2-1-3-23(21)24/h1-7,9-10,16-17,32H,8,11-15,18H2,(H,34,37)/b33-29-. The minimum atomic E-state index is -0.171. The number of amides is 1. The molecule has 0 unspecified atom stereocenters. The van der Waals surface area contributed by atoms with Crippen LogP contribution in [0.3, 0.4) is 0 Å². The van der Waals surface area contributed by atoms with Gasteiger partial charge in [-0.15, -0.1) is 16.3 Å². The number of carbonyl (C=O) groups is 1. The van der Waals surface area contributed by atoms with Gasteiger partial charge in [0.05, 0.1) is 24.4 Å². The third-order valence-corrected chi connectivity index (χ3v) is 7.92. The first-order valence-electron chi connectivity index (χ1n) is 12.9. The maximum atomic E-state index is 13.3. The average Bonchev–Trinajstić information content (AvgIpc) is 3.62. The summed E-state index contributed by atoms with van der Waals surface area (Å²) >= 11 is 1.40. The van der Waals surface area contributed by atoms with Gasteiger partial charge in [0.15, 0.2) is 0 Å². The van der Waals surface area contributed by atoms with Gasteiger partial charge in [0.1, 0.15) is 4.88 Å². The molecule has 0 saturated carbocycles. The number of hydrogen-bond acceptors (Lipinski definition) is 7. The molecule has 2 aromatic carbocycles. The molecule has 2 aliphatic rings. The molecule has 4 aromatic rings. The number of ether oxygens (including phenoxy) is 1. The smallest absolute Gasteiger partial charge is 0.267 e. The highest BCUT2D eigenvalue weighted by molar-refractivity contribution is 7.12. The monoisotopic (exact) mass is 537 g/mol. The van der Waals surface area contributed by atoms with Crippen molar-refractivity contribution in [3.63, 3.8) is 0 Å². The normalized spacial score (nSPS) is 15.2. The van der Waals surface area contributed by atoms with Crippen molar-refractivity contribution in [2.45, 2.75) is 13.0 Å². The van der Waals surface area contributed by atoms with Crippen molar-refractivity contribution in [3.8, 4) is 6.19 Å². The van der Waals surface area contributed by atoms with Crippen LogP contribution in [0.15, 0.2) is 71.2 Å². The molecule has 2 N–H and O–H groups in total. The van der Waals surface area contributed by atoms with Gasteiger partial charge in [-0.25, -0.2) is 0 Å². The number of guanidine groups is 1. The predicted molar refractivity (Wildman–Crippen MR) is 154 cm³/mol. The fraction of sp³-hybridized carbons (Fsp3) is 0.241. The number of nitrogens with zero attached hydrogens (tertiary/aromatic N) is 5. The molecule has 0 bridgehead atoms. The minimum Gasteiger partial charge on any atom is -0.380 e. The van der Waals surface area contributed by atoms with Gasteiger partial charge in [0, 0.05) is 49.1 Å². The number of rotatable bonds is 5. The van der Waals surface area contributed by atoms with E-state index in [4.69, 9.17) is 4.74 Å². The Bertz CT molecular complexity index is 1580. The summed E-state index contributed by atoms with van der Waals surface area (Å²) in [5.41, 5.74) is 5.67. The Hall–Kier alpha value is -4.46. The summed E-state index contributed by atoms with van der Waals surface area (Å²) in [6.07, 6.45) is 4.62. The van der Waals surface area contributed by atoms with E-state index in [1.807, 2.05) is 66.3 Å². The number of para-hydroxylation sites is 1. The van der Waals surface area contributed by atoms with Crippen LogP contribution in [0.2, 0.25) is 0 Å². The van der Waals surface area contributed by atoms with Crippen LogP contribution in [0.1, 0.15) is 20.8 Å². The van der Waals surface area contributed by atoms with E-state index in [0.717, 1.165) is 46.4 Å². The van der Waals surface area contributed by atoms with E-state index in [2.05, 4.69) is 36.5 Å². The Balaban J connectivity index is 1.18. The summed E-state index contributed by atoms with van der Waals surface area (Å²) in [7, 11) is 0. The zero-order valence-corrected chi connectivity index (χ0v) is 22.1. The van der Waals surface area contributed by atoms with Gasteiger partial charge < -0.3 is 25.2 Å². The van der Waals surface area contributed by atoms with E-state index < -0.39 is 0 Å². The maximum absolute atomic E-state index is 13.3. The zero-order valence-electron chi connectivity index (χ0n) is 21.3. The van der Waals surface area contributed by atoms with Crippen LogP contribution in [-0.4, -0.2) is 54.6 Å². The molecule has 2 aromatic heterocycles. The molecular formula is C29H27N7O2S. The van der Waals surface area contributed by atoms with Gasteiger partial charge in [-0.2, -0.15) is 5.26 Å². The molecule has 6 rings (SSSR count). The molecule has 0 atom stereocenters. The number of aliphatic imine (C=N–C) groups is 1. The quantitative estimate of drug-likeness (QED) is 0.216. The zero-order chi connectivity index (χ0) is 26.6. The predicted octanol–water partition coefficient (Wildman–Crippen LogP) is 4.69. The van der Waals surface area contributed by atoms with Crippen LogP contribution in [-0.2, 0) is 17.7 Å². The van der Waals surface area contributed by atoms with Gasteiger partial charge in [-0.1, -0.05) is 24.3 Å². The van der Waals surface area contributed by atoms with Crippen LogP contribution in [0.4, 0.5) is 17.1 Å². The van der Waals surface area contributed by atoms with Gasteiger partial charge in [0.25, 0.3) is 5.91 Å². The molecule has 39 heavy (non-hydrogen) atoms. The minimum absolute atomic E-state index is 0.171. The first-order chi connectivity index (χ1) is 19.2. The van der Waals surface area contributed by atoms with Crippen LogP contribution in [0.5, 0.6) is 0 Å². The summed E-state index contributed by atoms with van der Waals surface area (Å²) in [5.74, 6) is 0.465. The van der Waals surface area contributed by atoms with E-state index in [0.29, 0.717) is 49.4 Å². The highest BCUT2D eigenvalue weighted by atomic mass is 32.1. The molecule has 10 heteroatoms. The number of pyridine rings is 1. The maximum Gasteiger partial charge on any atom is 0.267 e. The largest absolute Gasteiger partial charge is 0.380 e. The lowest BCUT2D eigenvalue weighted by atomic mass is 10.1. The van der Waals surface area contributed by atoms with Gasteiger partial charge in [-0.05, 0) is 53.3 Å². The number of benzene rings is 2. The summed E-state index contributed by atoms with van der Waals surface area (Å²) in [6, 6.07) is 17.9. The molecule has 1 saturated heterocycles. The summed E-state index contributed by atoms with van der Waals surface area (Å²) in [4.78, 5) is 26.7. The molecule has 0 aliphatic carbocycles. The fourth-order valence-corrected chi connectivity index (χ4v) is 5.85. The summed E-state index contributed by atoms with van der Waals surface area (Å²) < 4.78 is 5.48. The van der Waals surface area contributed by atoms with Crippen molar-refractivity contribution in [2.75, 3.05) is 48.4 Å². The SMILES string of the molecule is N#C/N=C(/N1CCOCC1)N1CCc2ccc(NC(=O)c3sccc3NCc3ccnc4ccccc34)cc21. The molecule has 1 fully saturated rings. The number of anilines is 3. The Labute approximate surface area is 230 Å². The van der Waals surface area contributed by atoms with Crippen molar-refractivity contribution in [3.05, 3.63) is 82.2 Å². The Morgan fingerprint density at radius 3 is 2.87 bits per heavy atom. The van der Waals surface area contributed by atoms with Crippen LogP contribution >= 0.6 is 11.3 Å². The first kappa shape index (κ1) is 24.9. The van der Waals surface area contributed by atoms with Crippen LogP contribution < -0.4 is 15.5 Å². The fourth-order valence-electron chi connectivity index (χ4n) is 5.09. The second-order valence-corrected chi connectivity index (χ2v) is 10.2. The van der Waals surface area contributed by atoms with Crippen molar-refractivity contribution in [1.82, 2.24) is 9.88 Å². The molecule has 2 aliphatic heterocycles. The van der Waals surface area contributed by atoms with Crippen molar-refractivity contribution in [2.24, 2.45) is 4.99 Å². The van der Waals surface area contributed by atoms with E-state index in [1.165, 1.54) is 11.3 Å². The Kier molecular flexibility index (Phi) is 7.08. The first-order valence-corrected chi connectivity index (χ1v) is 13.7. The second-order valence-electron chi connectivity index (χ2n) is 9.31. The van der Waals surface area contributed by atoms with Crippen molar-refractivity contribution in [1.29, 1.82) is 5.26 Å². The Morgan fingerprint density at radius 2 is 2.00 bits per heavy atom. The third-order valence-electron chi connectivity index (χ3n) is 7.00. The lowest BCUT2D eigenvalue weighted by Gasteiger charge is -2.34. The van der Waals surface area contributed by atoms with Crippen molar-refractivity contribution < 1.29 is 9.53 Å². The number of hydrogen-bond donors (Lipinski definition) is 2. The topological polar surface area (TPSA) is 106 Å². The number of nitriles is 1. The van der Waals surface area contributed by atoms with Gasteiger partial charge in [0.2, 0.25) is 12.2 Å². The summed E-state index contributed by atoms with van der Waals surface area (Å²) in [6.45, 7) is 3.90. The van der Waals surface area contributed by atoms with E-state index >= 15 is 0 Å². The molecule has 0 spiro atoms. The highest BCUT2D eigenvalue weighted by Gasteiger charge is 2.28. The second kappa shape index (κ2) is 11.1. The lowest BCUT2D eigenvalue weighted by Crippen LogP contribution is -2.48. The van der Waals surface area contributed by atoms with Gasteiger partial charge >= 0.3 is 0 Å². The third kappa shape index (κ3) is 5.14. The lowest BCUT2D eigenvalue weighted by molar-refractivity contribution is 0.0673. The molecule has 9 nitrogen and oxygen atoms in total. The number of carbonyl (C=O) groups excluding carboxylic acids is 1. The summed E-state index contributed by atoms with van der Waals surface area (Å²) in [5, 5.41) is 18.9. The molecule has 4 heterocycles. The van der Waals surface area contributed by atoms with E-state index in [-0.39, 0.29) is 5.91 Å². The number of morpholine rings is 1. The van der Waals surface area contributed by atoms with E-state index in [1.54, 1.807) is 0 Å². The van der Waals surface area contributed by atoms with Gasteiger partial charge in [-0.3, -0.25) is 9.78 Å². The molecular weight excluding hydrogens is 510 g/mol. The molecule has 0 radical (unpaired) electrons. The number of nitrogens with one attached hydrogen (secondary N) is 2. The van der Waals surface area contributed by atoms with E-state index in [9.17, 15) is 10.1 Å². The molecule has 196 valence electrons. The van der Waals surface area contributed by atoms with Crippen LogP contribution in [0.25, 0.3) is 10.9 Å². The van der Waals surface area contributed by atoms with Crippen molar-refractivity contribution >= 4 is 51.2 Å². The number of fused-ring (bicyclic) bond motifs is 2. The van der Waals surface area contributed by atoms with Crippen LogP contribution in [0, 0.1) is 11.5 Å².